The summed E-state index contributed by atoms with van der Waals surface area (Å²) in [5.41, 5.74) is 5.46. The van der Waals surface area contributed by atoms with E-state index in [2.05, 4.69) is 15.6 Å². The van der Waals surface area contributed by atoms with Crippen molar-refractivity contribution in [3.05, 3.63) is 89.0 Å². The van der Waals surface area contributed by atoms with Gasteiger partial charge in [-0.2, -0.15) is 0 Å². The van der Waals surface area contributed by atoms with E-state index in [0.29, 0.717) is 24.2 Å². The molecule has 0 saturated heterocycles. The summed E-state index contributed by atoms with van der Waals surface area (Å²) in [6.45, 7) is 3.10. The van der Waals surface area contributed by atoms with Gasteiger partial charge in [-0.15, -0.1) is 5.10 Å². The second kappa shape index (κ2) is 8.14. The first-order valence-corrected chi connectivity index (χ1v) is 9.42. The quantitative estimate of drug-likeness (QED) is 0.548. The molecular formula is C23H22N4O2. The van der Waals surface area contributed by atoms with Crippen molar-refractivity contribution in [3.63, 3.8) is 0 Å². The number of carbonyl (C=O) groups excluding carboxylic acids is 1. The number of nitrogens with one attached hydrogen (secondary N) is 1. The maximum Gasteiger partial charge on any atom is 0.251 e. The number of benzene rings is 3. The van der Waals surface area contributed by atoms with Gasteiger partial charge in [-0.3, -0.25) is 4.79 Å². The Morgan fingerprint density at radius 1 is 1.03 bits per heavy atom. The van der Waals surface area contributed by atoms with Crippen molar-refractivity contribution in [2.24, 2.45) is 0 Å². The van der Waals surface area contributed by atoms with Crippen molar-refractivity contribution in [3.8, 4) is 5.75 Å². The van der Waals surface area contributed by atoms with Crippen molar-refractivity contribution in [2.45, 2.75) is 20.0 Å². The van der Waals surface area contributed by atoms with E-state index in [-0.39, 0.29) is 5.91 Å². The third-order valence-corrected chi connectivity index (χ3v) is 4.82. The minimum Gasteiger partial charge on any atom is -0.497 e. The van der Waals surface area contributed by atoms with E-state index in [1.807, 2.05) is 66.2 Å². The van der Waals surface area contributed by atoms with Gasteiger partial charge in [0.05, 0.1) is 19.2 Å². The maximum atomic E-state index is 12.5. The highest BCUT2D eigenvalue weighted by atomic mass is 16.5. The minimum atomic E-state index is -0.130. The van der Waals surface area contributed by atoms with Crippen LogP contribution in [0.5, 0.6) is 5.75 Å². The Morgan fingerprint density at radius 3 is 2.66 bits per heavy atom. The fraction of sp³-hybridized carbons (Fsp3) is 0.174. The zero-order valence-corrected chi connectivity index (χ0v) is 16.4. The molecule has 1 heterocycles. The van der Waals surface area contributed by atoms with Crippen LogP contribution in [0.4, 0.5) is 0 Å². The molecule has 0 aliphatic carbocycles. The summed E-state index contributed by atoms with van der Waals surface area (Å²) in [6, 6.07) is 21.4. The van der Waals surface area contributed by atoms with Gasteiger partial charge in [-0.25, -0.2) is 4.68 Å². The van der Waals surface area contributed by atoms with Crippen LogP contribution in [0.25, 0.3) is 11.0 Å². The van der Waals surface area contributed by atoms with Gasteiger partial charge in [0.1, 0.15) is 11.3 Å². The average molecular weight is 386 g/mol. The van der Waals surface area contributed by atoms with E-state index in [0.717, 1.165) is 22.4 Å². The number of aromatic nitrogens is 3. The molecule has 0 spiro atoms. The number of rotatable bonds is 6. The van der Waals surface area contributed by atoms with Gasteiger partial charge in [0.15, 0.2) is 0 Å². The van der Waals surface area contributed by atoms with Gasteiger partial charge in [0, 0.05) is 12.1 Å². The molecule has 6 nitrogen and oxygen atoms in total. The second-order valence-electron chi connectivity index (χ2n) is 6.97. The van der Waals surface area contributed by atoms with Gasteiger partial charge in [0.2, 0.25) is 0 Å². The number of aryl methyl sites for hydroxylation is 1. The van der Waals surface area contributed by atoms with Gasteiger partial charge in [-0.1, -0.05) is 47.2 Å². The molecule has 0 bridgehead atoms. The lowest BCUT2D eigenvalue weighted by Crippen LogP contribution is -2.22. The molecule has 6 heteroatoms. The van der Waals surface area contributed by atoms with E-state index >= 15 is 0 Å². The lowest BCUT2D eigenvalue weighted by molar-refractivity contribution is 0.0951. The Labute approximate surface area is 169 Å². The van der Waals surface area contributed by atoms with Crippen LogP contribution in [0, 0.1) is 6.92 Å². The fourth-order valence-corrected chi connectivity index (χ4v) is 3.16. The fourth-order valence-electron chi connectivity index (χ4n) is 3.16. The summed E-state index contributed by atoms with van der Waals surface area (Å²) in [5.74, 6) is 0.675. The molecule has 0 fully saturated rings. The summed E-state index contributed by atoms with van der Waals surface area (Å²) in [5, 5.41) is 11.4. The summed E-state index contributed by atoms with van der Waals surface area (Å²) >= 11 is 0. The molecule has 0 radical (unpaired) electrons. The lowest BCUT2D eigenvalue weighted by Gasteiger charge is -2.07. The van der Waals surface area contributed by atoms with E-state index in [9.17, 15) is 4.79 Å². The van der Waals surface area contributed by atoms with Gasteiger partial charge >= 0.3 is 0 Å². The molecule has 0 aliphatic heterocycles. The Morgan fingerprint density at radius 2 is 1.86 bits per heavy atom. The third kappa shape index (κ3) is 4.27. The lowest BCUT2D eigenvalue weighted by atomic mass is 10.1. The first-order valence-electron chi connectivity index (χ1n) is 9.42. The smallest absolute Gasteiger partial charge is 0.251 e. The predicted octanol–water partition coefficient (Wildman–Crippen LogP) is 3.73. The average Bonchev–Trinajstić information content (AvgIpc) is 3.15. The first kappa shape index (κ1) is 18.7. The van der Waals surface area contributed by atoms with E-state index < -0.39 is 0 Å². The second-order valence-corrected chi connectivity index (χ2v) is 6.97. The number of nitrogens with zero attached hydrogens (tertiary/aromatic N) is 3. The zero-order chi connectivity index (χ0) is 20.2. The largest absolute Gasteiger partial charge is 0.497 e. The van der Waals surface area contributed by atoms with Crippen molar-refractivity contribution in [1.29, 1.82) is 0 Å². The number of carbonyl (C=O) groups is 1. The van der Waals surface area contributed by atoms with Crippen LogP contribution >= 0.6 is 0 Å². The highest BCUT2D eigenvalue weighted by Gasteiger charge is 2.11. The van der Waals surface area contributed by atoms with Crippen molar-refractivity contribution in [2.75, 3.05) is 7.11 Å². The van der Waals surface area contributed by atoms with Crippen LogP contribution in [0.1, 0.15) is 27.0 Å². The number of ether oxygens (including phenoxy) is 1. The highest BCUT2D eigenvalue weighted by Crippen LogP contribution is 2.18. The van der Waals surface area contributed by atoms with Crippen LogP contribution in [0.15, 0.2) is 66.7 Å². The van der Waals surface area contributed by atoms with Crippen LogP contribution in [0.2, 0.25) is 0 Å². The molecule has 4 rings (SSSR count). The zero-order valence-electron chi connectivity index (χ0n) is 16.4. The number of fused-ring (bicyclic) bond motifs is 1. The van der Waals surface area contributed by atoms with Crippen LogP contribution < -0.4 is 10.1 Å². The molecule has 146 valence electrons. The van der Waals surface area contributed by atoms with Crippen LogP contribution in [-0.4, -0.2) is 28.0 Å². The molecule has 0 aliphatic rings. The molecule has 1 amide bonds. The van der Waals surface area contributed by atoms with E-state index in [1.54, 1.807) is 19.2 Å². The number of hydrogen-bond acceptors (Lipinski definition) is 4. The molecule has 4 aromatic rings. The topological polar surface area (TPSA) is 69.0 Å². The van der Waals surface area contributed by atoms with Crippen molar-refractivity contribution in [1.82, 2.24) is 20.3 Å². The van der Waals surface area contributed by atoms with Crippen LogP contribution in [-0.2, 0) is 13.1 Å². The van der Waals surface area contributed by atoms with Crippen molar-refractivity contribution >= 4 is 16.9 Å². The molecule has 0 saturated carbocycles. The molecule has 0 atom stereocenters. The standard InChI is InChI=1S/C23H22N4O2/c1-16-6-8-17(9-7-16)14-24-23(28)19-10-11-22-21(13-19)25-26-27(22)15-18-4-3-5-20(12-18)29-2/h3-13H,14-15H2,1-2H3,(H,24,28). The number of amides is 1. The molecule has 1 aromatic heterocycles. The highest BCUT2D eigenvalue weighted by molar-refractivity contribution is 5.97. The molecule has 0 unspecified atom stereocenters. The maximum absolute atomic E-state index is 12.5. The Hall–Kier alpha value is -3.67. The normalized spacial score (nSPS) is 10.8. The van der Waals surface area contributed by atoms with E-state index in [4.69, 9.17) is 4.74 Å². The third-order valence-electron chi connectivity index (χ3n) is 4.82. The monoisotopic (exact) mass is 386 g/mol. The first-order chi connectivity index (χ1) is 14.1. The van der Waals surface area contributed by atoms with Gasteiger partial charge in [-0.05, 0) is 48.4 Å². The van der Waals surface area contributed by atoms with Crippen LogP contribution in [0.3, 0.4) is 0 Å². The Bertz CT molecular complexity index is 1150. The number of hydrogen-bond donors (Lipinski definition) is 1. The minimum absolute atomic E-state index is 0.130. The van der Waals surface area contributed by atoms with Crippen molar-refractivity contribution < 1.29 is 9.53 Å². The summed E-state index contributed by atoms with van der Waals surface area (Å²) in [4.78, 5) is 12.5. The number of methoxy groups -OCH3 is 1. The summed E-state index contributed by atoms with van der Waals surface area (Å²) < 4.78 is 7.09. The van der Waals surface area contributed by atoms with E-state index in [1.165, 1.54) is 5.56 Å². The Balaban J connectivity index is 1.48. The molecular weight excluding hydrogens is 364 g/mol. The summed E-state index contributed by atoms with van der Waals surface area (Å²) in [7, 11) is 1.65. The molecule has 3 aromatic carbocycles. The van der Waals surface area contributed by atoms with Gasteiger partial charge < -0.3 is 10.1 Å². The SMILES string of the molecule is COc1cccc(Cn2nnc3cc(C(=O)NCc4ccc(C)cc4)ccc32)c1. The summed E-state index contributed by atoms with van der Waals surface area (Å²) in [6.07, 6.45) is 0. The molecule has 29 heavy (non-hydrogen) atoms. The van der Waals surface area contributed by atoms with Gasteiger partial charge in [0.25, 0.3) is 5.91 Å². The molecule has 1 N–H and O–H groups in total. The predicted molar refractivity (Wildman–Crippen MR) is 112 cm³/mol. The Kier molecular flexibility index (Phi) is 5.24.